The molecule has 0 saturated carbocycles. The average Bonchev–Trinajstić information content (AvgIpc) is 3.37. The fourth-order valence-electron chi connectivity index (χ4n) is 4.06. The van der Waals surface area contributed by atoms with Crippen LogP contribution in [-0.2, 0) is 4.79 Å². The summed E-state index contributed by atoms with van der Waals surface area (Å²) in [4.78, 5) is 27.2. The van der Waals surface area contributed by atoms with Crippen LogP contribution in [0.1, 0.15) is 33.9 Å². The summed E-state index contributed by atoms with van der Waals surface area (Å²) >= 11 is 0. The van der Waals surface area contributed by atoms with E-state index < -0.39 is 0 Å². The molecular weight excluding hydrogens is 370 g/mol. The molecule has 0 spiro atoms. The van der Waals surface area contributed by atoms with Gasteiger partial charge in [0.15, 0.2) is 17.3 Å². The van der Waals surface area contributed by atoms with Crippen LogP contribution in [0.4, 0.5) is 0 Å². The van der Waals surface area contributed by atoms with E-state index in [1.165, 1.54) is 16.0 Å². The number of rotatable bonds is 4. The Kier molecular flexibility index (Phi) is 4.24. The molecule has 1 amide bonds. The summed E-state index contributed by atoms with van der Waals surface area (Å²) in [6.45, 7) is 2.23. The number of benzene rings is 2. The van der Waals surface area contributed by atoms with Crippen LogP contribution in [0.15, 0.2) is 54.9 Å². The van der Waals surface area contributed by atoms with Gasteiger partial charge in [-0.15, -0.1) is 0 Å². The quantitative estimate of drug-likeness (QED) is 0.808. The van der Waals surface area contributed by atoms with Crippen molar-refractivity contribution in [2.24, 2.45) is 0 Å². The largest absolute Gasteiger partial charge is 0.454 e. The number of hydrogen-bond donors (Lipinski definition) is 1. The van der Waals surface area contributed by atoms with E-state index in [4.69, 9.17) is 9.47 Å². The summed E-state index contributed by atoms with van der Waals surface area (Å²) < 4.78 is 10.6. The van der Waals surface area contributed by atoms with Crippen LogP contribution in [0.3, 0.4) is 0 Å². The number of nitrogens with one attached hydrogen (secondary N) is 1. The molecule has 7 heteroatoms. The van der Waals surface area contributed by atoms with E-state index in [1.54, 1.807) is 24.4 Å². The zero-order valence-electron chi connectivity index (χ0n) is 16.0. The first-order valence-corrected chi connectivity index (χ1v) is 9.62. The van der Waals surface area contributed by atoms with Gasteiger partial charge in [-0.3, -0.25) is 9.59 Å². The van der Waals surface area contributed by atoms with Gasteiger partial charge in [0.2, 0.25) is 6.79 Å². The van der Waals surface area contributed by atoms with Crippen LogP contribution in [0.25, 0.3) is 0 Å². The summed E-state index contributed by atoms with van der Waals surface area (Å²) in [5, 5.41) is 1.85. The van der Waals surface area contributed by atoms with Crippen molar-refractivity contribution in [2.75, 3.05) is 13.3 Å². The molecule has 1 saturated heterocycles. The van der Waals surface area contributed by atoms with Crippen molar-refractivity contribution in [3.05, 3.63) is 71.6 Å². The highest BCUT2D eigenvalue weighted by atomic mass is 16.7. The number of carbonyl (C=O) groups is 2. The number of Topliss-reactive ketones (excluding diaryl/α,β-unsaturated/α-hetero) is 1. The van der Waals surface area contributed by atoms with E-state index in [2.05, 4.69) is 24.5 Å². The first-order chi connectivity index (χ1) is 14.1. The van der Waals surface area contributed by atoms with Crippen LogP contribution in [0.2, 0.25) is 0 Å². The molecule has 5 rings (SSSR count). The molecule has 3 aliphatic heterocycles. The normalized spacial score (nSPS) is 22.2. The molecule has 0 bridgehead atoms. The molecule has 1 fully saturated rings. The molecule has 2 unspecified atom stereocenters. The highest BCUT2D eigenvalue weighted by Crippen LogP contribution is 2.34. The molecule has 7 nitrogen and oxygen atoms in total. The lowest BCUT2D eigenvalue weighted by atomic mass is 9.97. The number of fused-ring (bicyclic) bond motifs is 2. The van der Waals surface area contributed by atoms with Gasteiger partial charge in [-0.05, 0) is 42.7 Å². The van der Waals surface area contributed by atoms with Gasteiger partial charge in [-0.2, -0.15) is 0 Å². The van der Waals surface area contributed by atoms with Gasteiger partial charge in [-0.25, -0.2) is 5.43 Å². The van der Waals surface area contributed by atoms with Gasteiger partial charge in [0.05, 0.1) is 12.6 Å². The summed E-state index contributed by atoms with van der Waals surface area (Å²) in [7, 11) is 0. The molecule has 1 N–H and O–H groups in total. The van der Waals surface area contributed by atoms with E-state index >= 15 is 0 Å². The first kappa shape index (κ1) is 17.8. The minimum atomic E-state index is -0.325. The number of nitrogens with zero attached hydrogens (tertiary/aromatic N) is 2. The average molecular weight is 391 g/mol. The maximum absolute atomic E-state index is 13.0. The van der Waals surface area contributed by atoms with Crippen LogP contribution in [0.5, 0.6) is 11.5 Å². The summed E-state index contributed by atoms with van der Waals surface area (Å²) in [6, 6.07) is 13.0. The topological polar surface area (TPSA) is 71.1 Å². The lowest BCUT2D eigenvalue weighted by molar-refractivity contribution is -0.134. The van der Waals surface area contributed by atoms with Gasteiger partial charge >= 0.3 is 0 Å². The maximum atomic E-state index is 13.0. The first-order valence-electron chi connectivity index (χ1n) is 9.62. The van der Waals surface area contributed by atoms with Crippen molar-refractivity contribution in [3.63, 3.8) is 0 Å². The van der Waals surface area contributed by atoms with Crippen molar-refractivity contribution in [2.45, 2.75) is 25.4 Å². The number of carbonyl (C=O) groups excluding carboxylic acids is 2. The molecule has 148 valence electrons. The lowest BCUT2D eigenvalue weighted by Crippen LogP contribution is -2.49. The SMILES string of the molecule is Cc1ccccc1C1CC2C(=O)N(CC(=O)c3ccc4c(c3)OCO4)C=CN2N1. The molecular formula is C22H21N3O4. The molecule has 2 aromatic carbocycles. The second-order valence-electron chi connectivity index (χ2n) is 7.45. The van der Waals surface area contributed by atoms with Gasteiger partial charge in [0.1, 0.15) is 6.04 Å². The Hall–Kier alpha value is -3.32. The minimum absolute atomic E-state index is 0.00561. The van der Waals surface area contributed by atoms with Crippen LogP contribution in [0, 0.1) is 6.92 Å². The second-order valence-corrected chi connectivity index (χ2v) is 7.45. The van der Waals surface area contributed by atoms with Gasteiger partial charge < -0.3 is 19.4 Å². The Morgan fingerprint density at radius 1 is 1.14 bits per heavy atom. The molecule has 2 atom stereocenters. The fraction of sp³-hybridized carbons (Fsp3) is 0.273. The van der Waals surface area contributed by atoms with E-state index in [0.717, 1.165) is 0 Å². The molecule has 0 radical (unpaired) electrons. The highest BCUT2D eigenvalue weighted by molar-refractivity contribution is 6.00. The van der Waals surface area contributed by atoms with Crippen LogP contribution < -0.4 is 14.9 Å². The van der Waals surface area contributed by atoms with Gasteiger partial charge in [0, 0.05) is 18.0 Å². The standard InChI is InChI=1S/C22H21N3O4/c1-14-4-2-3-5-16(14)17-11-18-22(27)24(8-9-25(18)23-17)12-19(26)15-6-7-20-21(10-15)29-13-28-20/h2-10,17-18,23H,11-13H2,1H3. The molecule has 2 aromatic rings. The molecule has 29 heavy (non-hydrogen) atoms. The Bertz CT molecular complexity index is 1020. The predicted octanol–water partition coefficient (Wildman–Crippen LogP) is 2.54. The van der Waals surface area contributed by atoms with E-state index in [1.807, 2.05) is 23.3 Å². The second kappa shape index (κ2) is 6.93. The van der Waals surface area contributed by atoms with Gasteiger partial charge in [-0.1, -0.05) is 24.3 Å². The summed E-state index contributed by atoms with van der Waals surface area (Å²) in [5.74, 6) is 0.968. The third-order valence-corrected chi connectivity index (χ3v) is 5.65. The zero-order chi connectivity index (χ0) is 20.0. The third-order valence-electron chi connectivity index (χ3n) is 5.65. The maximum Gasteiger partial charge on any atom is 0.251 e. The molecule has 0 aromatic heterocycles. The van der Waals surface area contributed by atoms with Crippen LogP contribution >= 0.6 is 0 Å². The molecule has 3 heterocycles. The van der Waals surface area contributed by atoms with Gasteiger partial charge in [0.25, 0.3) is 5.91 Å². The highest BCUT2D eigenvalue weighted by Gasteiger charge is 2.40. The van der Waals surface area contributed by atoms with Crippen molar-refractivity contribution >= 4 is 11.7 Å². The molecule has 0 aliphatic carbocycles. The van der Waals surface area contributed by atoms with Crippen molar-refractivity contribution in [1.82, 2.24) is 15.3 Å². The zero-order valence-corrected chi connectivity index (χ0v) is 16.0. The van der Waals surface area contributed by atoms with E-state index in [-0.39, 0.29) is 37.1 Å². The smallest absolute Gasteiger partial charge is 0.251 e. The molecule has 3 aliphatic rings. The number of hydrogen-bond acceptors (Lipinski definition) is 6. The Morgan fingerprint density at radius 3 is 2.83 bits per heavy atom. The Labute approximate surface area is 168 Å². The van der Waals surface area contributed by atoms with Crippen molar-refractivity contribution < 1.29 is 19.1 Å². The fourth-order valence-corrected chi connectivity index (χ4v) is 4.06. The third kappa shape index (κ3) is 3.13. The van der Waals surface area contributed by atoms with E-state index in [9.17, 15) is 9.59 Å². The Balaban J connectivity index is 1.29. The number of hydrazine groups is 1. The minimum Gasteiger partial charge on any atom is -0.454 e. The summed E-state index contributed by atoms with van der Waals surface area (Å²) in [5.41, 5.74) is 6.28. The van der Waals surface area contributed by atoms with E-state index in [0.29, 0.717) is 23.5 Å². The monoisotopic (exact) mass is 391 g/mol. The van der Waals surface area contributed by atoms with Crippen molar-refractivity contribution in [3.8, 4) is 11.5 Å². The van der Waals surface area contributed by atoms with Crippen molar-refractivity contribution in [1.29, 1.82) is 0 Å². The number of ketones is 1. The summed E-state index contributed by atoms with van der Waals surface area (Å²) in [6.07, 6.45) is 4.15. The van der Waals surface area contributed by atoms with Crippen LogP contribution in [-0.4, -0.2) is 41.0 Å². The lowest BCUT2D eigenvalue weighted by Gasteiger charge is -2.31. The number of ether oxygens (including phenoxy) is 2. The Morgan fingerprint density at radius 2 is 1.97 bits per heavy atom. The number of amides is 1. The number of aryl methyl sites for hydroxylation is 1. The predicted molar refractivity (Wildman–Crippen MR) is 105 cm³/mol.